The van der Waals surface area contributed by atoms with Crippen LogP contribution in [-0.2, 0) is 15.1 Å². The third-order valence-electron chi connectivity index (χ3n) is 4.38. The van der Waals surface area contributed by atoms with Crippen molar-refractivity contribution in [1.82, 2.24) is 10.2 Å². The molecule has 1 unspecified atom stereocenters. The molecule has 2 N–H and O–H groups in total. The predicted molar refractivity (Wildman–Crippen MR) is 96.3 cm³/mol. The molecule has 7 nitrogen and oxygen atoms in total. The zero-order valence-electron chi connectivity index (χ0n) is 14.3. The summed E-state index contributed by atoms with van der Waals surface area (Å²) in [6, 6.07) is 8.10. The summed E-state index contributed by atoms with van der Waals surface area (Å²) in [5.74, 6) is -1.63. The fourth-order valence-corrected chi connectivity index (χ4v) is 3.70. The molecule has 0 radical (unpaired) electrons. The first kappa shape index (κ1) is 18.5. The fraction of sp³-hybridized carbons (Fsp3) is 0.222. The second-order valence-corrected chi connectivity index (χ2v) is 6.83. The molecule has 1 aromatic heterocycles. The summed E-state index contributed by atoms with van der Waals surface area (Å²) < 4.78 is 13.2. The molecule has 1 fully saturated rings. The largest absolute Gasteiger partial charge is 0.325 e. The lowest BCUT2D eigenvalue weighted by Crippen LogP contribution is -2.44. The van der Waals surface area contributed by atoms with Gasteiger partial charge in [-0.1, -0.05) is 19.1 Å². The fourth-order valence-electron chi connectivity index (χ4n) is 2.95. The van der Waals surface area contributed by atoms with Crippen LogP contribution < -0.4 is 10.6 Å². The van der Waals surface area contributed by atoms with Crippen molar-refractivity contribution in [1.29, 1.82) is 5.26 Å². The van der Waals surface area contributed by atoms with Crippen LogP contribution in [0.2, 0.25) is 0 Å². The van der Waals surface area contributed by atoms with E-state index in [1.165, 1.54) is 35.6 Å². The Bertz CT molecular complexity index is 950. The lowest BCUT2D eigenvalue weighted by atomic mass is 9.87. The molecule has 27 heavy (non-hydrogen) atoms. The smallest absolute Gasteiger partial charge is 0.319 e. The van der Waals surface area contributed by atoms with Crippen LogP contribution in [0.25, 0.3) is 0 Å². The van der Waals surface area contributed by atoms with Gasteiger partial charge < -0.3 is 10.6 Å². The van der Waals surface area contributed by atoms with E-state index in [2.05, 4.69) is 10.6 Å². The number of rotatable bonds is 5. The Morgan fingerprint density at radius 1 is 1.33 bits per heavy atom. The molecule has 9 heteroatoms. The van der Waals surface area contributed by atoms with Crippen LogP contribution >= 0.6 is 11.3 Å². The number of amides is 4. The van der Waals surface area contributed by atoms with Crippen molar-refractivity contribution in [2.45, 2.75) is 18.9 Å². The van der Waals surface area contributed by atoms with Gasteiger partial charge in [-0.3, -0.25) is 14.5 Å². The molecular formula is C18H15FN4O3S. The second kappa shape index (κ2) is 7.17. The maximum Gasteiger partial charge on any atom is 0.325 e. The molecule has 0 spiro atoms. The third-order valence-corrected chi connectivity index (χ3v) is 5.21. The van der Waals surface area contributed by atoms with Crippen molar-refractivity contribution in [3.63, 3.8) is 0 Å². The molecular weight excluding hydrogens is 371 g/mol. The van der Waals surface area contributed by atoms with E-state index >= 15 is 0 Å². The van der Waals surface area contributed by atoms with Gasteiger partial charge in [0, 0.05) is 0 Å². The lowest BCUT2D eigenvalue weighted by molar-refractivity contribution is -0.134. The average Bonchev–Trinajstić information content (AvgIpc) is 3.20. The number of benzene rings is 1. The summed E-state index contributed by atoms with van der Waals surface area (Å²) in [5.41, 5.74) is -0.594. The van der Waals surface area contributed by atoms with Gasteiger partial charge >= 0.3 is 6.03 Å². The zero-order valence-corrected chi connectivity index (χ0v) is 15.1. The van der Waals surface area contributed by atoms with E-state index in [0.717, 1.165) is 4.90 Å². The number of hydrogen-bond acceptors (Lipinski definition) is 5. The standard InChI is InChI=1S/C18H15FN4O3S/c1-2-18(12-3-5-13(19)6-4-12)16(25)23(17(26)22-18)10-14(24)21-15-11(9-20)7-8-27-15/h3-8H,2,10H2,1H3,(H,21,24)(H,22,26). The first-order valence-electron chi connectivity index (χ1n) is 8.09. The number of carbonyl (C=O) groups is 3. The Labute approximate surface area is 158 Å². The molecule has 0 aliphatic carbocycles. The number of thiophene rings is 1. The Morgan fingerprint density at radius 3 is 2.67 bits per heavy atom. The number of imide groups is 1. The van der Waals surface area contributed by atoms with Gasteiger partial charge in [-0.05, 0) is 35.6 Å². The minimum absolute atomic E-state index is 0.241. The van der Waals surface area contributed by atoms with Crippen molar-refractivity contribution in [2.24, 2.45) is 0 Å². The number of nitriles is 1. The Morgan fingerprint density at radius 2 is 2.04 bits per heavy atom. The lowest BCUT2D eigenvalue weighted by Gasteiger charge is -2.25. The highest BCUT2D eigenvalue weighted by Gasteiger charge is 2.51. The number of urea groups is 1. The van der Waals surface area contributed by atoms with Gasteiger partial charge in [-0.2, -0.15) is 5.26 Å². The molecule has 1 aliphatic heterocycles. The van der Waals surface area contributed by atoms with E-state index in [9.17, 15) is 18.8 Å². The van der Waals surface area contributed by atoms with Gasteiger partial charge in [0.1, 0.15) is 29.0 Å². The van der Waals surface area contributed by atoms with Gasteiger partial charge in [-0.15, -0.1) is 11.3 Å². The number of nitrogens with zero attached hydrogens (tertiary/aromatic N) is 2. The summed E-state index contributed by atoms with van der Waals surface area (Å²) in [6.07, 6.45) is 0.241. The quantitative estimate of drug-likeness (QED) is 0.771. The average molecular weight is 386 g/mol. The topological polar surface area (TPSA) is 102 Å². The van der Waals surface area contributed by atoms with E-state index in [4.69, 9.17) is 5.26 Å². The second-order valence-electron chi connectivity index (χ2n) is 5.91. The van der Waals surface area contributed by atoms with Crippen molar-refractivity contribution in [3.05, 3.63) is 52.7 Å². The Kier molecular flexibility index (Phi) is 4.92. The number of halogens is 1. The third kappa shape index (κ3) is 3.27. The molecule has 2 aromatic rings. The van der Waals surface area contributed by atoms with Crippen molar-refractivity contribution in [2.75, 3.05) is 11.9 Å². The number of hydrogen-bond donors (Lipinski definition) is 2. The van der Waals surface area contributed by atoms with Crippen molar-refractivity contribution < 1.29 is 18.8 Å². The molecule has 1 aliphatic rings. The maximum atomic E-state index is 13.2. The van der Waals surface area contributed by atoms with E-state index in [-0.39, 0.29) is 6.42 Å². The van der Waals surface area contributed by atoms with Crippen LogP contribution in [0.5, 0.6) is 0 Å². The highest BCUT2D eigenvalue weighted by Crippen LogP contribution is 2.32. The first-order chi connectivity index (χ1) is 12.9. The van der Waals surface area contributed by atoms with E-state index in [1.807, 2.05) is 6.07 Å². The molecule has 3 rings (SSSR count). The van der Waals surface area contributed by atoms with Crippen LogP contribution in [0.4, 0.5) is 14.2 Å². The van der Waals surface area contributed by atoms with Crippen LogP contribution in [0.15, 0.2) is 35.7 Å². The maximum absolute atomic E-state index is 13.2. The van der Waals surface area contributed by atoms with Crippen LogP contribution in [0.1, 0.15) is 24.5 Å². The van der Waals surface area contributed by atoms with Gasteiger partial charge in [0.15, 0.2) is 0 Å². The summed E-state index contributed by atoms with van der Waals surface area (Å²) >= 11 is 1.17. The Balaban J connectivity index is 1.80. The van der Waals surface area contributed by atoms with Crippen molar-refractivity contribution in [3.8, 4) is 6.07 Å². The summed E-state index contributed by atoms with van der Waals surface area (Å²) in [7, 11) is 0. The SMILES string of the molecule is CCC1(c2ccc(F)cc2)NC(=O)N(CC(=O)Nc2sccc2C#N)C1=O. The van der Waals surface area contributed by atoms with Crippen LogP contribution in [-0.4, -0.2) is 29.3 Å². The van der Waals surface area contributed by atoms with Gasteiger partial charge in [0.25, 0.3) is 5.91 Å². The predicted octanol–water partition coefficient (Wildman–Crippen LogP) is 2.55. The number of carbonyl (C=O) groups excluding carboxylic acids is 3. The zero-order chi connectivity index (χ0) is 19.6. The molecule has 0 saturated carbocycles. The van der Waals surface area contributed by atoms with Gasteiger partial charge in [-0.25, -0.2) is 9.18 Å². The summed E-state index contributed by atoms with van der Waals surface area (Å²) in [6.45, 7) is 1.23. The van der Waals surface area contributed by atoms with E-state index < -0.39 is 35.7 Å². The first-order valence-corrected chi connectivity index (χ1v) is 8.97. The molecule has 0 bridgehead atoms. The molecule has 138 valence electrons. The summed E-state index contributed by atoms with van der Waals surface area (Å²) in [4.78, 5) is 38.4. The highest BCUT2D eigenvalue weighted by atomic mass is 32.1. The van der Waals surface area contributed by atoms with Crippen LogP contribution in [0.3, 0.4) is 0 Å². The van der Waals surface area contributed by atoms with E-state index in [0.29, 0.717) is 16.1 Å². The summed E-state index contributed by atoms with van der Waals surface area (Å²) in [5, 5.41) is 16.2. The highest BCUT2D eigenvalue weighted by molar-refractivity contribution is 7.14. The number of nitrogens with one attached hydrogen (secondary N) is 2. The molecule has 1 aromatic carbocycles. The van der Waals surface area contributed by atoms with Crippen molar-refractivity contribution >= 4 is 34.2 Å². The number of anilines is 1. The Hall–Kier alpha value is -3.25. The van der Waals surface area contributed by atoms with E-state index in [1.54, 1.807) is 18.4 Å². The minimum atomic E-state index is -1.34. The molecule has 4 amide bonds. The van der Waals surface area contributed by atoms with Gasteiger partial charge in [0.05, 0.1) is 5.56 Å². The van der Waals surface area contributed by atoms with Crippen LogP contribution in [0, 0.1) is 17.1 Å². The van der Waals surface area contributed by atoms with Gasteiger partial charge in [0.2, 0.25) is 5.91 Å². The molecule has 1 atom stereocenters. The monoisotopic (exact) mass is 386 g/mol. The normalized spacial score (nSPS) is 18.9. The minimum Gasteiger partial charge on any atom is -0.319 e. The molecule has 1 saturated heterocycles. The molecule has 2 heterocycles.